The molecule has 0 saturated carbocycles. The second-order valence-corrected chi connectivity index (χ2v) is 4.85. The molecule has 5 nitrogen and oxygen atoms in total. The van der Waals surface area contributed by atoms with Crippen molar-refractivity contribution in [1.29, 1.82) is 0 Å². The molecule has 0 atom stereocenters. The highest BCUT2D eigenvalue weighted by Crippen LogP contribution is 2.23. The number of ether oxygens (including phenoxy) is 1. The molecule has 0 aliphatic carbocycles. The summed E-state index contributed by atoms with van der Waals surface area (Å²) in [5.74, 6) is -0.876. The van der Waals surface area contributed by atoms with Crippen molar-refractivity contribution in [2.75, 3.05) is 12.4 Å². The van der Waals surface area contributed by atoms with Crippen LogP contribution in [0, 0.1) is 0 Å². The zero-order chi connectivity index (χ0) is 14.5. The molecule has 6 heteroatoms. The first-order valence-corrected chi connectivity index (χ1v) is 6.76. The van der Waals surface area contributed by atoms with Crippen LogP contribution < -0.4 is 10.1 Å². The van der Waals surface area contributed by atoms with E-state index in [9.17, 15) is 9.59 Å². The summed E-state index contributed by atoms with van der Waals surface area (Å²) in [5, 5.41) is 15.5. The van der Waals surface area contributed by atoms with Crippen molar-refractivity contribution in [2.24, 2.45) is 0 Å². The summed E-state index contributed by atoms with van der Waals surface area (Å²) in [6.07, 6.45) is 0.208. The first-order valence-electron chi connectivity index (χ1n) is 5.82. The summed E-state index contributed by atoms with van der Waals surface area (Å²) < 4.78 is 5.03. The molecule has 20 heavy (non-hydrogen) atoms. The van der Waals surface area contributed by atoms with Gasteiger partial charge < -0.3 is 15.2 Å². The number of amides is 1. The molecule has 1 heterocycles. The number of hydrogen-bond donors (Lipinski definition) is 2. The number of carbonyl (C=O) groups is 2. The third-order valence-electron chi connectivity index (χ3n) is 2.68. The van der Waals surface area contributed by atoms with Gasteiger partial charge in [0.1, 0.15) is 5.75 Å². The van der Waals surface area contributed by atoms with Gasteiger partial charge in [-0.1, -0.05) is 0 Å². The van der Waals surface area contributed by atoms with Crippen molar-refractivity contribution >= 4 is 28.9 Å². The van der Waals surface area contributed by atoms with E-state index in [0.29, 0.717) is 5.75 Å². The smallest absolute Gasteiger partial charge is 0.337 e. The zero-order valence-corrected chi connectivity index (χ0v) is 11.6. The fraction of sp³-hybridized carbons (Fsp3) is 0.143. The SMILES string of the molecule is COc1ccc(C(=O)O)c(NC(=O)Cc2ccsc2)c1. The van der Waals surface area contributed by atoms with Gasteiger partial charge >= 0.3 is 5.97 Å². The van der Waals surface area contributed by atoms with Gasteiger partial charge in [0.2, 0.25) is 5.91 Å². The number of methoxy groups -OCH3 is 1. The van der Waals surface area contributed by atoms with Gasteiger partial charge in [-0.3, -0.25) is 4.79 Å². The van der Waals surface area contributed by atoms with E-state index >= 15 is 0 Å². The van der Waals surface area contributed by atoms with E-state index in [1.807, 2.05) is 16.8 Å². The van der Waals surface area contributed by atoms with Crippen molar-refractivity contribution in [2.45, 2.75) is 6.42 Å². The molecular formula is C14H13NO4S. The minimum absolute atomic E-state index is 0.0319. The van der Waals surface area contributed by atoms with Crippen molar-refractivity contribution in [1.82, 2.24) is 0 Å². The predicted molar refractivity (Wildman–Crippen MR) is 76.6 cm³/mol. The molecule has 2 N–H and O–H groups in total. The third-order valence-corrected chi connectivity index (χ3v) is 3.41. The number of carboxylic acids is 1. The van der Waals surface area contributed by atoms with Crippen LogP contribution in [0.25, 0.3) is 0 Å². The van der Waals surface area contributed by atoms with Gasteiger partial charge in [0.25, 0.3) is 0 Å². The summed E-state index contributed by atoms with van der Waals surface area (Å²) in [4.78, 5) is 23.0. The fourth-order valence-electron chi connectivity index (χ4n) is 1.71. The second kappa shape index (κ2) is 6.21. The van der Waals surface area contributed by atoms with Crippen molar-refractivity contribution in [3.8, 4) is 5.75 Å². The molecule has 1 amide bonds. The quantitative estimate of drug-likeness (QED) is 0.888. The molecule has 0 aliphatic heterocycles. The zero-order valence-electron chi connectivity index (χ0n) is 10.8. The van der Waals surface area contributed by atoms with Crippen molar-refractivity contribution < 1.29 is 19.4 Å². The maximum Gasteiger partial charge on any atom is 0.337 e. The lowest BCUT2D eigenvalue weighted by Gasteiger charge is -2.10. The first-order chi connectivity index (χ1) is 9.60. The molecule has 1 aromatic carbocycles. The van der Waals surface area contributed by atoms with Gasteiger partial charge in [0, 0.05) is 6.07 Å². The maximum atomic E-state index is 11.9. The number of aromatic carboxylic acids is 1. The van der Waals surface area contributed by atoms with Crippen LogP contribution in [-0.2, 0) is 11.2 Å². The topological polar surface area (TPSA) is 75.6 Å². The average molecular weight is 291 g/mol. The van der Waals surface area contributed by atoms with E-state index in [1.54, 1.807) is 0 Å². The summed E-state index contributed by atoms with van der Waals surface area (Å²) in [5.41, 5.74) is 1.16. The Morgan fingerprint density at radius 3 is 2.75 bits per heavy atom. The first kappa shape index (κ1) is 14.1. The lowest BCUT2D eigenvalue weighted by molar-refractivity contribution is -0.115. The molecule has 0 radical (unpaired) electrons. The second-order valence-electron chi connectivity index (χ2n) is 4.07. The Morgan fingerprint density at radius 2 is 2.15 bits per heavy atom. The van der Waals surface area contributed by atoms with Crippen LogP contribution in [0.15, 0.2) is 35.0 Å². The Bertz CT molecular complexity index is 622. The fourth-order valence-corrected chi connectivity index (χ4v) is 2.38. The average Bonchev–Trinajstić information content (AvgIpc) is 2.90. The highest BCUT2D eigenvalue weighted by Gasteiger charge is 2.14. The van der Waals surface area contributed by atoms with Gasteiger partial charge in [-0.25, -0.2) is 4.79 Å². The van der Waals surface area contributed by atoms with Crippen LogP contribution in [0.2, 0.25) is 0 Å². The van der Waals surface area contributed by atoms with Crippen LogP contribution >= 0.6 is 11.3 Å². The van der Waals surface area contributed by atoms with Crippen LogP contribution in [0.4, 0.5) is 5.69 Å². The number of carbonyl (C=O) groups excluding carboxylic acids is 1. The Labute approximate surface area is 119 Å². The molecule has 0 saturated heterocycles. The summed E-state index contributed by atoms with van der Waals surface area (Å²) in [6.45, 7) is 0. The number of nitrogens with one attached hydrogen (secondary N) is 1. The van der Waals surface area contributed by atoms with Crippen molar-refractivity contribution in [3.05, 3.63) is 46.2 Å². The van der Waals surface area contributed by atoms with Crippen LogP contribution in [0.1, 0.15) is 15.9 Å². The van der Waals surface area contributed by atoms with Crippen LogP contribution in [0.3, 0.4) is 0 Å². The highest BCUT2D eigenvalue weighted by molar-refractivity contribution is 7.08. The summed E-state index contributed by atoms with van der Waals surface area (Å²) in [7, 11) is 1.48. The number of carboxylic acid groups (broad SMARTS) is 1. The van der Waals surface area contributed by atoms with Gasteiger partial charge in [0.15, 0.2) is 0 Å². The molecule has 1 aromatic heterocycles. The minimum atomic E-state index is -1.10. The molecular weight excluding hydrogens is 278 g/mol. The number of benzene rings is 1. The van der Waals surface area contributed by atoms with Gasteiger partial charge in [-0.2, -0.15) is 11.3 Å². The number of rotatable bonds is 5. The van der Waals surface area contributed by atoms with Gasteiger partial charge in [-0.15, -0.1) is 0 Å². The van der Waals surface area contributed by atoms with Gasteiger partial charge in [0.05, 0.1) is 24.8 Å². The lowest BCUT2D eigenvalue weighted by atomic mass is 10.1. The predicted octanol–water partition coefficient (Wildman–Crippen LogP) is 2.64. The molecule has 104 valence electrons. The van der Waals surface area contributed by atoms with E-state index < -0.39 is 5.97 Å². The normalized spacial score (nSPS) is 10.1. The molecule has 0 spiro atoms. The molecule has 2 rings (SSSR count). The highest BCUT2D eigenvalue weighted by atomic mass is 32.1. The standard InChI is InChI=1S/C14H13NO4S/c1-19-10-2-3-11(14(17)18)12(7-10)15-13(16)6-9-4-5-20-8-9/h2-5,7-8H,6H2,1H3,(H,15,16)(H,17,18). The summed E-state index contributed by atoms with van der Waals surface area (Å²) in [6, 6.07) is 6.29. The Kier molecular flexibility index (Phi) is 4.37. The number of hydrogen-bond acceptors (Lipinski definition) is 4. The number of thiophene rings is 1. The third kappa shape index (κ3) is 3.36. The monoisotopic (exact) mass is 291 g/mol. The minimum Gasteiger partial charge on any atom is -0.497 e. The maximum absolute atomic E-state index is 11.9. The lowest BCUT2D eigenvalue weighted by Crippen LogP contribution is -2.16. The van der Waals surface area contributed by atoms with E-state index in [-0.39, 0.29) is 23.6 Å². The Morgan fingerprint density at radius 1 is 1.35 bits per heavy atom. The van der Waals surface area contributed by atoms with E-state index in [2.05, 4.69) is 5.32 Å². The van der Waals surface area contributed by atoms with Gasteiger partial charge in [-0.05, 0) is 34.5 Å². The van der Waals surface area contributed by atoms with E-state index in [4.69, 9.17) is 9.84 Å². The molecule has 0 bridgehead atoms. The van der Waals surface area contributed by atoms with Crippen LogP contribution in [-0.4, -0.2) is 24.1 Å². The molecule has 0 aliphatic rings. The Balaban J connectivity index is 2.18. The largest absolute Gasteiger partial charge is 0.497 e. The van der Waals surface area contributed by atoms with E-state index in [1.165, 1.54) is 36.6 Å². The summed E-state index contributed by atoms with van der Waals surface area (Å²) >= 11 is 1.51. The molecule has 0 fully saturated rings. The molecule has 0 unspecified atom stereocenters. The van der Waals surface area contributed by atoms with Crippen molar-refractivity contribution in [3.63, 3.8) is 0 Å². The van der Waals surface area contributed by atoms with E-state index in [0.717, 1.165) is 5.56 Å². The molecule has 2 aromatic rings. The van der Waals surface area contributed by atoms with Crippen LogP contribution in [0.5, 0.6) is 5.75 Å². The number of anilines is 1. The Hall–Kier alpha value is -2.34.